The highest BCUT2D eigenvalue weighted by molar-refractivity contribution is 5.69. The van der Waals surface area contributed by atoms with Gasteiger partial charge in [-0.25, -0.2) is 0 Å². The van der Waals surface area contributed by atoms with E-state index in [0.717, 1.165) is 25.2 Å². The van der Waals surface area contributed by atoms with Crippen LogP contribution in [0.3, 0.4) is 0 Å². The Balaban J connectivity index is 1.72. The van der Waals surface area contributed by atoms with Gasteiger partial charge in [0, 0.05) is 13.0 Å². The molecule has 2 bridgehead atoms. The largest absolute Gasteiger partial charge is 0.469 e. The smallest absolute Gasteiger partial charge is 0.305 e. The summed E-state index contributed by atoms with van der Waals surface area (Å²) in [5.41, 5.74) is 0.439. The lowest BCUT2D eigenvalue weighted by Crippen LogP contribution is -2.56. The molecule has 3 aliphatic rings. The number of hydrogen-bond donors (Lipinski definition) is 1. The summed E-state index contributed by atoms with van der Waals surface area (Å²) in [7, 11) is 1.43. The summed E-state index contributed by atoms with van der Waals surface area (Å²) in [5, 5.41) is 9.74. The van der Waals surface area contributed by atoms with Crippen LogP contribution in [0.2, 0.25) is 0 Å². The van der Waals surface area contributed by atoms with Crippen LogP contribution in [0.4, 0.5) is 0 Å². The van der Waals surface area contributed by atoms with Gasteiger partial charge in [-0.15, -0.1) is 0 Å². The number of unbranched alkanes of at least 4 members (excludes halogenated alkanes) is 1. The van der Waals surface area contributed by atoms with Crippen LogP contribution in [0.25, 0.3) is 0 Å². The predicted molar refractivity (Wildman–Crippen MR) is 83.7 cm³/mol. The van der Waals surface area contributed by atoms with Crippen LogP contribution in [-0.4, -0.2) is 24.8 Å². The van der Waals surface area contributed by atoms with Crippen molar-refractivity contribution >= 4 is 5.97 Å². The van der Waals surface area contributed by atoms with Gasteiger partial charge in [0.2, 0.25) is 0 Å². The first-order valence-electron chi connectivity index (χ1n) is 8.33. The number of carbonyl (C=O) groups excluding carboxylic acids is 1. The molecule has 0 aromatic rings. The zero-order valence-corrected chi connectivity index (χ0v) is 13.7. The van der Waals surface area contributed by atoms with E-state index in [4.69, 9.17) is 0 Å². The molecule has 0 amide bonds. The molecule has 0 aliphatic heterocycles. The van der Waals surface area contributed by atoms with Crippen molar-refractivity contribution in [2.45, 2.75) is 52.4 Å². The Hall–Kier alpha value is -0.830. The maximum absolute atomic E-state index is 11.0. The van der Waals surface area contributed by atoms with Crippen molar-refractivity contribution in [3.63, 3.8) is 0 Å². The van der Waals surface area contributed by atoms with Crippen LogP contribution in [0.15, 0.2) is 12.2 Å². The summed E-state index contributed by atoms with van der Waals surface area (Å²) in [6, 6.07) is 0. The summed E-state index contributed by atoms with van der Waals surface area (Å²) < 4.78 is 4.63. The first-order chi connectivity index (χ1) is 10.0. The molecular formula is C18H30O3. The van der Waals surface area contributed by atoms with Gasteiger partial charge in [-0.2, -0.15) is 0 Å². The van der Waals surface area contributed by atoms with Crippen LogP contribution in [0.1, 0.15) is 52.4 Å². The standard InChI is InChI=1S/C18H30O3/c1-18(2)14-10-13(15(12-19)16(18)11-14)8-6-4-5-7-9-17(20)21-3/h4,6,13-16,19H,5,7-12H2,1-3H3/b6-4-/t13-,14?,15+,16?/m0/s1. The lowest BCUT2D eigenvalue weighted by atomic mass is 9.43. The number of carbonyl (C=O) groups is 1. The van der Waals surface area contributed by atoms with Crippen LogP contribution >= 0.6 is 0 Å². The van der Waals surface area contributed by atoms with Gasteiger partial charge in [0.1, 0.15) is 0 Å². The first-order valence-corrected chi connectivity index (χ1v) is 8.33. The van der Waals surface area contributed by atoms with Crippen molar-refractivity contribution in [3.8, 4) is 0 Å². The summed E-state index contributed by atoms with van der Waals surface area (Å²) in [4.78, 5) is 11.0. The fourth-order valence-electron chi connectivity index (χ4n) is 4.45. The molecule has 0 heterocycles. The summed E-state index contributed by atoms with van der Waals surface area (Å²) in [6.45, 7) is 5.07. The van der Waals surface area contributed by atoms with Gasteiger partial charge in [-0.1, -0.05) is 26.0 Å². The molecule has 21 heavy (non-hydrogen) atoms. The Morgan fingerprint density at radius 1 is 1.33 bits per heavy atom. The van der Waals surface area contributed by atoms with E-state index in [2.05, 4.69) is 30.7 Å². The van der Waals surface area contributed by atoms with Gasteiger partial charge in [0.25, 0.3) is 0 Å². The summed E-state index contributed by atoms with van der Waals surface area (Å²) in [6.07, 6.45) is 10.4. The Bertz CT molecular complexity index is 386. The van der Waals surface area contributed by atoms with Crippen LogP contribution in [0, 0.1) is 29.1 Å². The molecule has 3 heteroatoms. The third-order valence-corrected chi connectivity index (χ3v) is 6.05. The Kier molecular flexibility index (Phi) is 5.48. The topological polar surface area (TPSA) is 46.5 Å². The Morgan fingerprint density at radius 3 is 2.71 bits per heavy atom. The highest BCUT2D eigenvalue weighted by atomic mass is 16.5. The second kappa shape index (κ2) is 6.95. The molecule has 3 saturated carbocycles. The molecule has 3 rings (SSSR count). The van der Waals surface area contributed by atoms with E-state index in [9.17, 15) is 9.90 Å². The normalized spacial score (nSPS) is 33.7. The number of methoxy groups -OCH3 is 1. The van der Waals surface area contributed by atoms with Gasteiger partial charge >= 0.3 is 5.97 Å². The van der Waals surface area contributed by atoms with E-state index in [1.807, 2.05) is 0 Å². The fourth-order valence-corrected chi connectivity index (χ4v) is 4.45. The Labute approximate surface area is 128 Å². The van der Waals surface area contributed by atoms with Crippen molar-refractivity contribution in [2.75, 3.05) is 13.7 Å². The molecule has 0 aromatic heterocycles. The minimum absolute atomic E-state index is 0.127. The molecule has 120 valence electrons. The fraction of sp³-hybridized carbons (Fsp3) is 0.833. The highest BCUT2D eigenvalue weighted by Crippen LogP contribution is 2.63. The lowest BCUT2D eigenvalue weighted by Gasteiger charge is -2.62. The van der Waals surface area contributed by atoms with Gasteiger partial charge in [-0.05, 0) is 61.2 Å². The molecule has 3 nitrogen and oxygen atoms in total. The van der Waals surface area contributed by atoms with E-state index < -0.39 is 0 Å². The number of allylic oxidation sites excluding steroid dienone is 2. The predicted octanol–water partition coefficient (Wildman–Crippen LogP) is 3.57. The van der Waals surface area contributed by atoms with Crippen LogP contribution < -0.4 is 0 Å². The van der Waals surface area contributed by atoms with Crippen molar-refractivity contribution < 1.29 is 14.6 Å². The highest BCUT2D eigenvalue weighted by Gasteiger charge is 2.56. The average Bonchev–Trinajstić information content (AvgIpc) is 2.49. The second-order valence-electron chi connectivity index (χ2n) is 7.38. The van der Waals surface area contributed by atoms with E-state index in [0.29, 0.717) is 36.2 Å². The molecule has 0 radical (unpaired) electrons. The molecule has 2 unspecified atom stereocenters. The number of aliphatic hydroxyl groups excluding tert-OH is 1. The Morgan fingerprint density at radius 2 is 2.10 bits per heavy atom. The van der Waals surface area contributed by atoms with E-state index >= 15 is 0 Å². The SMILES string of the molecule is COC(=O)CCC/C=C\C[C@H]1CC2CC([C@@H]1CO)C2(C)C. The first kappa shape index (κ1) is 16.5. The quantitative estimate of drug-likeness (QED) is 0.443. The molecule has 1 N–H and O–H groups in total. The van der Waals surface area contributed by atoms with Crippen molar-refractivity contribution in [1.82, 2.24) is 0 Å². The molecule has 0 saturated heterocycles. The van der Waals surface area contributed by atoms with Crippen LogP contribution in [-0.2, 0) is 9.53 Å². The third kappa shape index (κ3) is 3.50. The number of esters is 1. The summed E-state index contributed by atoms with van der Waals surface area (Å²) >= 11 is 0. The number of fused-ring (bicyclic) bond motifs is 2. The van der Waals surface area contributed by atoms with Gasteiger partial charge in [0.15, 0.2) is 0 Å². The van der Waals surface area contributed by atoms with E-state index in [1.165, 1.54) is 20.0 Å². The molecule has 3 aliphatic carbocycles. The van der Waals surface area contributed by atoms with Crippen molar-refractivity contribution in [1.29, 1.82) is 0 Å². The van der Waals surface area contributed by atoms with E-state index in [1.54, 1.807) is 0 Å². The maximum atomic E-state index is 11.0. The van der Waals surface area contributed by atoms with Crippen LogP contribution in [0.5, 0.6) is 0 Å². The molecule has 0 spiro atoms. The number of aliphatic hydroxyl groups is 1. The lowest BCUT2D eigenvalue weighted by molar-refractivity contribution is -0.145. The minimum atomic E-state index is -0.127. The number of rotatable bonds is 7. The van der Waals surface area contributed by atoms with Crippen molar-refractivity contribution in [3.05, 3.63) is 12.2 Å². The van der Waals surface area contributed by atoms with Gasteiger partial charge < -0.3 is 9.84 Å². The maximum Gasteiger partial charge on any atom is 0.305 e. The monoisotopic (exact) mass is 294 g/mol. The van der Waals surface area contributed by atoms with Gasteiger partial charge in [0.05, 0.1) is 7.11 Å². The van der Waals surface area contributed by atoms with Crippen molar-refractivity contribution in [2.24, 2.45) is 29.1 Å². The average molecular weight is 294 g/mol. The number of ether oxygens (including phenoxy) is 1. The zero-order valence-electron chi connectivity index (χ0n) is 13.7. The molecular weight excluding hydrogens is 264 g/mol. The van der Waals surface area contributed by atoms with Gasteiger partial charge in [-0.3, -0.25) is 4.79 Å². The summed E-state index contributed by atoms with van der Waals surface area (Å²) in [5.74, 6) is 2.55. The number of hydrogen-bond acceptors (Lipinski definition) is 3. The molecule has 0 aromatic carbocycles. The molecule has 4 atom stereocenters. The van der Waals surface area contributed by atoms with E-state index in [-0.39, 0.29) is 5.97 Å². The third-order valence-electron chi connectivity index (χ3n) is 6.05. The molecule has 3 fully saturated rings. The minimum Gasteiger partial charge on any atom is -0.469 e. The zero-order chi connectivity index (χ0) is 15.5. The second-order valence-corrected chi connectivity index (χ2v) is 7.38.